The van der Waals surface area contributed by atoms with Crippen molar-refractivity contribution < 1.29 is 9.53 Å². The second kappa shape index (κ2) is 9.43. The van der Waals surface area contributed by atoms with E-state index in [0.29, 0.717) is 10.8 Å². The number of hydrogen-bond acceptors (Lipinski definition) is 3. The van der Waals surface area contributed by atoms with Crippen LogP contribution in [0.4, 0.5) is 0 Å². The van der Waals surface area contributed by atoms with Gasteiger partial charge in [-0.2, -0.15) is 5.10 Å². The third kappa shape index (κ3) is 5.06. The van der Waals surface area contributed by atoms with Crippen molar-refractivity contribution in [2.75, 3.05) is 6.61 Å². The van der Waals surface area contributed by atoms with E-state index in [1.165, 1.54) is 11.3 Å². The fourth-order valence-electron chi connectivity index (χ4n) is 3.23. The molecule has 150 valence electrons. The molecule has 0 aliphatic rings. The van der Waals surface area contributed by atoms with Crippen molar-refractivity contribution >= 4 is 23.7 Å². The van der Waals surface area contributed by atoms with Crippen LogP contribution in [0.15, 0.2) is 59.7 Å². The minimum Gasteiger partial charge on any atom is -0.484 e. The van der Waals surface area contributed by atoms with Crippen molar-refractivity contribution in [2.45, 2.75) is 27.2 Å². The molecule has 1 aromatic heterocycles. The monoisotopic (exact) mass is 409 g/mol. The number of benzene rings is 2. The lowest BCUT2D eigenvalue weighted by Crippen LogP contribution is -2.24. The van der Waals surface area contributed by atoms with Gasteiger partial charge in [-0.3, -0.25) is 4.79 Å². The minimum atomic E-state index is -0.341. The Morgan fingerprint density at radius 2 is 1.97 bits per heavy atom. The fraction of sp³-hybridized carbons (Fsp3) is 0.217. The maximum Gasteiger partial charge on any atom is 0.277 e. The number of nitrogens with one attached hydrogen (secondary N) is 1. The smallest absolute Gasteiger partial charge is 0.277 e. The van der Waals surface area contributed by atoms with E-state index >= 15 is 0 Å². The molecule has 1 heterocycles. The topological polar surface area (TPSA) is 55.6 Å². The van der Waals surface area contributed by atoms with Gasteiger partial charge in [-0.1, -0.05) is 42.8 Å². The van der Waals surface area contributed by atoms with Gasteiger partial charge in [0.05, 0.1) is 6.21 Å². The normalized spacial score (nSPS) is 11.0. The second-order valence-electron chi connectivity index (χ2n) is 6.68. The van der Waals surface area contributed by atoms with E-state index in [0.717, 1.165) is 23.4 Å². The molecule has 0 radical (unpaired) electrons. The van der Waals surface area contributed by atoms with E-state index in [1.54, 1.807) is 30.5 Å². The molecule has 0 spiro atoms. The molecule has 2 aromatic carbocycles. The first kappa shape index (κ1) is 20.7. The van der Waals surface area contributed by atoms with Crippen molar-refractivity contribution in [3.05, 3.63) is 82.1 Å². The summed E-state index contributed by atoms with van der Waals surface area (Å²) in [4.78, 5) is 12.0. The third-order valence-electron chi connectivity index (χ3n) is 4.64. The van der Waals surface area contributed by atoms with Gasteiger partial charge in [-0.15, -0.1) is 0 Å². The molecule has 5 nitrogen and oxygen atoms in total. The number of carbonyl (C=O) groups is 1. The van der Waals surface area contributed by atoms with Gasteiger partial charge in [0.1, 0.15) is 5.75 Å². The van der Waals surface area contributed by atoms with E-state index in [-0.39, 0.29) is 12.5 Å². The van der Waals surface area contributed by atoms with Crippen LogP contribution in [0.5, 0.6) is 5.75 Å². The van der Waals surface area contributed by atoms with Crippen LogP contribution in [-0.4, -0.2) is 23.3 Å². The summed E-state index contributed by atoms with van der Waals surface area (Å²) in [5.74, 6) is 0.195. The highest BCUT2D eigenvalue weighted by Crippen LogP contribution is 2.23. The van der Waals surface area contributed by atoms with Crippen LogP contribution >= 0.6 is 11.6 Å². The van der Waals surface area contributed by atoms with Gasteiger partial charge < -0.3 is 9.30 Å². The van der Waals surface area contributed by atoms with Crippen molar-refractivity contribution in [3.63, 3.8) is 0 Å². The first-order valence-corrected chi connectivity index (χ1v) is 9.85. The number of halogens is 1. The van der Waals surface area contributed by atoms with Crippen LogP contribution in [0.25, 0.3) is 5.69 Å². The molecule has 0 fully saturated rings. The van der Waals surface area contributed by atoms with E-state index in [9.17, 15) is 4.79 Å². The fourth-order valence-corrected chi connectivity index (χ4v) is 3.41. The maximum absolute atomic E-state index is 12.0. The summed E-state index contributed by atoms with van der Waals surface area (Å²) in [5.41, 5.74) is 8.08. The average molecular weight is 410 g/mol. The Hall–Kier alpha value is -3.05. The lowest BCUT2D eigenvalue weighted by atomic mass is 10.1. The highest BCUT2D eigenvalue weighted by atomic mass is 35.5. The van der Waals surface area contributed by atoms with Gasteiger partial charge >= 0.3 is 0 Å². The summed E-state index contributed by atoms with van der Waals surface area (Å²) in [7, 11) is 0. The van der Waals surface area contributed by atoms with Gasteiger partial charge in [0.25, 0.3) is 5.91 Å². The summed E-state index contributed by atoms with van der Waals surface area (Å²) in [6.45, 7) is 6.12. The molecule has 0 saturated heterocycles. The second-order valence-corrected chi connectivity index (χ2v) is 7.12. The van der Waals surface area contributed by atoms with Crippen LogP contribution in [0, 0.1) is 13.8 Å². The Balaban J connectivity index is 1.66. The average Bonchev–Trinajstić information content (AvgIpc) is 2.99. The van der Waals surface area contributed by atoms with Crippen molar-refractivity contribution in [1.82, 2.24) is 9.99 Å². The SMILES string of the molecule is CCc1ccccc1-n1c(C)cc(/C=N/NC(=O)COc2cccc(Cl)c2)c1C. The molecule has 6 heteroatoms. The highest BCUT2D eigenvalue weighted by molar-refractivity contribution is 6.30. The third-order valence-corrected chi connectivity index (χ3v) is 4.88. The maximum atomic E-state index is 12.0. The first-order valence-electron chi connectivity index (χ1n) is 9.47. The summed E-state index contributed by atoms with van der Waals surface area (Å²) in [6.07, 6.45) is 2.62. The summed E-state index contributed by atoms with van der Waals surface area (Å²) in [5, 5.41) is 4.64. The Bertz CT molecular complexity index is 1040. The molecule has 0 aliphatic carbocycles. The zero-order valence-electron chi connectivity index (χ0n) is 16.8. The number of nitrogens with zero attached hydrogens (tertiary/aromatic N) is 2. The molecule has 29 heavy (non-hydrogen) atoms. The van der Waals surface area contributed by atoms with Gasteiger partial charge in [0.2, 0.25) is 0 Å². The number of ether oxygens (including phenoxy) is 1. The Morgan fingerprint density at radius 3 is 2.72 bits per heavy atom. The van der Waals surface area contributed by atoms with Crippen molar-refractivity contribution in [1.29, 1.82) is 0 Å². The van der Waals surface area contributed by atoms with E-state index in [2.05, 4.69) is 53.2 Å². The number of carbonyl (C=O) groups excluding carboxylic acids is 1. The molecule has 3 aromatic rings. The van der Waals surface area contributed by atoms with Crippen LogP contribution in [0.1, 0.15) is 29.4 Å². The number of aromatic nitrogens is 1. The van der Waals surface area contributed by atoms with Crippen LogP contribution in [0.3, 0.4) is 0 Å². The van der Waals surface area contributed by atoms with Gasteiger partial charge in [-0.25, -0.2) is 5.43 Å². The van der Waals surface area contributed by atoms with Gasteiger partial charge in [0.15, 0.2) is 6.61 Å². The predicted octanol–water partition coefficient (Wildman–Crippen LogP) is 4.84. The number of hydrogen-bond donors (Lipinski definition) is 1. The molecule has 0 bridgehead atoms. The molecule has 0 atom stereocenters. The first-order chi connectivity index (χ1) is 14.0. The number of aryl methyl sites for hydroxylation is 2. The number of rotatable bonds is 7. The van der Waals surface area contributed by atoms with E-state index < -0.39 is 0 Å². The molecule has 3 rings (SSSR count). The lowest BCUT2D eigenvalue weighted by molar-refractivity contribution is -0.123. The standard InChI is InChI=1S/C23H24ClN3O2/c1-4-18-8-5-6-11-22(18)27-16(2)12-19(17(27)3)14-25-26-23(28)15-29-21-10-7-9-20(24)13-21/h5-14H,4,15H2,1-3H3,(H,26,28)/b25-14+. The zero-order chi connectivity index (χ0) is 20.8. The molecule has 1 amide bonds. The Kier molecular flexibility index (Phi) is 6.73. The minimum absolute atomic E-state index is 0.138. The van der Waals surface area contributed by atoms with Crippen LogP contribution in [0.2, 0.25) is 5.02 Å². The van der Waals surface area contributed by atoms with Gasteiger partial charge in [-0.05, 0) is 56.2 Å². The molecule has 0 saturated carbocycles. The zero-order valence-corrected chi connectivity index (χ0v) is 17.5. The molecule has 0 aliphatic heterocycles. The molecule has 1 N–H and O–H groups in total. The number of para-hydroxylation sites is 1. The predicted molar refractivity (Wildman–Crippen MR) is 117 cm³/mol. The molecular weight excluding hydrogens is 386 g/mol. The van der Waals surface area contributed by atoms with Crippen LogP contribution < -0.4 is 10.2 Å². The van der Waals surface area contributed by atoms with Crippen molar-refractivity contribution in [2.24, 2.45) is 5.10 Å². The summed E-state index contributed by atoms with van der Waals surface area (Å²) in [6, 6.07) is 17.3. The number of amides is 1. The Morgan fingerprint density at radius 1 is 1.17 bits per heavy atom. The van der Waals surface area contributed by atoms with Crippen molar-refractivity contribution in [3.8, 4) is 11.4 Å². The number of hydrazone groups is 1. The van der Waals surface area contributed by atoms with Gasteiger partial charge in [0, 0.05) is 27.7 Å². The summed E-state index contributed by atoms with van der Waals surface area (Å²) < 4.78 is 7.62. The largest absolute Gasteiger partial charge is 0.484 e. The quantitative estimate of drug-likeness (QED) is 0.448. The highest BCUT2D eigenvalue weighted by Gasteiger charge is 2.12. The molecular formula is C23H24ClN3O2. The Labute approximate surface area is 176 Å². The lowest BCUT2D eigenvalue weighted by Gasteiger charge is -2.13. The summed E-state index contributed by atoms with van der Waals surface area (Å²) >= 11 is 5.90. The van der Waals surface area contributed by atoms with E-state index in [1.807, 2.05) is 13.0 Å². The van der Waals surface area contributed by atoms with E-state index in [4.69, 9.17) is 16.3 Å². The van der Waals surface area contributed by atoms with Crippen LogP contribution in [-0.2, 0) is 11.2 Å². The molecule has 0 unspecified atom stereocenters.